The molecule has 4 heteroatoms. The van der Waals surface area contributed by atoms with Crippen LogP contribution in [0.1, 0.15) is 15.9 Å². The van der Waals surface area contributed by atoms with Gasteiger partial charge in [-0.05, 0) is 35.9 Å². The number of rotatable bonds is 3. The lowest BCUT2D eigenvalue weighted by Gasteiger charge is -1.99. The minimum Gasteiger partial charge on any atom is -0.422 e. The Balaban J connectivity index is 1.93. The largest absolute Gasteiger partial charge is 0.422 e. The zero-order valence-corrected chi connectivity index (χ0v) is 12.2. The van der Waals surface area contributed by atoms with Crippen molar-refractivity contribution in [3.05, 3.63) is 87.2 Å². The van der Waals surface area contributed by atoms with E-state index in [9.17, 15) is 9.59 Å². The molecule has 0 atom stereocenters. The molecule has 1 heterocycles. The van der Waals surface area contributed by atoms with Gasteiger partial charge in [-0.25, -0.2) is 4.79 Å². The second-order valence-electron chi connectivity index (χ2n) is 4.73. The Bertz CT molecular complexity index is 921. The molecule has 0 saturated carbocycles. The second kappa shape index (κ2) is 6.00. The fourth-order valence-electron chi connectivity index (χ4n) is 2.07. The van der Waals surface area contributed by atoms with Crippen LogP contribution in [0, 0.1) is 0 Å². The highest BCUT2D eigenvalue weighted by molar-refractivity contribution is 6.30. The van der Waals surface area contributed by atoms with Crippen LogP contribution in [0.3, 0.4) is 0 Å². The Morgan fingerprint density at radius 1 is 1.05 bits per heavy atom. The maximum absolute atomic E-state index is 12.2. The molecular formula is C18H11ClO3. The van der Waals surface area contributed by atoms with Crippen LogP contribution in [-0.2, 0) is 0 Å². The van der Waals surface area contributed by atoms with Crippen LogP contribution in [0.15, 0.2) is 69.9 Å². The first-order chi connectivity index (χ1) is 10.6. The first-order valence-corrected chi connectivity index (χ1v) is 7.02. The van der Waals surface area contributed by atoms with Crippen molar-refractivity contribution in [3.8, 4) is 0 Å². The number of allylic oxidation sites excluding steroid dienone is 1. The zero-order chi connectivity index (χ0) is 15.5. The summed E-state index contributed by atoms with van der Waals surface area (Å²) >= 11 is 5.80. The van der Waals surface area contributed by atoms with E-state index in [2.05, 4.69) is 0 Å². The number of hydrogen-bond donors (Lipinski definition) is 0. The second-order valence-corrected chi connectivity index (χ2v) is 5.17. The third-order valence-corrected chi connectivity index (χ3v) is 3.46. The van der Waals surface area contributed by atoms with E-state index in [1.54, 1.807) is 54.6 Å². The number of ketones is 1. The molecule has 2 aromatic carbocycles. The van der Waals surface area contributed by atoms with Crippen LogP contribution >= 0.6 is 11.6 Å². The highest BCUT2D eigenvalue weighted by Crippen LogP contribution is 2.14. The molecule has 0 N–H and O–H groups in total. The van der Waals surface area contributed by atoms with Gasteiger partial charge in [0.05, 0.1) is 0 Å². The summed E-state index contributed by atoms with van der Waals surface area (Å²) in [7, 11) is 0. The lowest BCUT2D eigenvalue weighted by Crippen LogP contribution is -2.11. The van der Waals surface area contributed by atoms with E-state index in [0.29, 0.717) is 16.0 Å². The summed E-state index contributed by atoms with van der Waals surface area (Å²) in [6.07, 6.45) is 2.98. The van der Waals surface area contributed by atoms with E-state index in [1.807, 2.05) is 6.07 Å². The van der Waals surface area contributed by atoms with Gasteiger partial charge in [0.2, 0.25) is 0 Å². The summed E-state index contributed by atoms with van der Waals surface area (Å²) in [6.45, 7) is 0. The Morgan fingerprint density at radius 3 is 2.55 bits per heavy atom. The predicted octanol–water partition coefficient (Wildman–Crippen LogP) is 4.34. The van der Waals surface area contributed by atoms with Gasteiger partial charge in [0.25, 0.3) is 0 Å². The van der Waals surface area contributed by atoms with Crippen LogP contribution < -0.4 is 5.63 Å². The monoisotopic (exact) mass is 310 g/mol. The number of fused-ring (bicyclic) bond motifs is 1. The number of benzene rings is 2. The Kier molecular flexibility index (Phi) is 3.90. The lowest BCUT2D eigenvalue weighted by molar-refractivity contribution is 0.104. The van der Waals surface area contributed by atoms with Crippen molar-refractivity contribution in [2.75, 3.05) is 0 Å². The fourth-order valence-corrected chi connectivity index (χ4v) is 2.20. The van der Waals surface area contributed by atoms with Crippen molar-refractivity contribution >= 4 is 34.4 Å². The smallest absolute Gasteiger partial charge is 0.347 e. The van der Waals surface area contributed by atoms with E-state index in [0.717, 1.165) is 5.56 Å². The predicted molar refractivity (Wildman–Crippen MR) is 87.3 cm³/mol. The molecule has 0 aliphatic heterocycles. The standard InChI is InChI=1S/C18H11ClO3/c19-14-8-5-12(6-9-14)7-10-16(20)15-11-13-3-1-2-4-17(13)22-18(15)21/h1-11H/b10-7+. The van der Waals surface area contributed by atoms with Gasteiger partial charge in [0.15, 0.2) is 5.78 Å². The van der Waals surface area contributed by atoms with Gasteiger partial charge >= 0.3 is 5.63 Å². The van der Waals surface area contributed by atoms with Crippen LogP contribution in [0.2, 0.25) is 5.02 Å². The van der Waals surface area contributed by atoms with Crippen LogP contribution in [0.4, 0.5) is 0 Å². The molecule has 0 spiro atoms. The van der Waals surface area contributed by atoms with E-state index in [1.165, 1.54) is 6.08 Å². The third-order valence-electron chi connectivity index (χ3n) is 3.20. The molecule has 0 aliphatic rings. The first-order valence-electron chi connectivity index (χ1n) is 6.64. The van der Waals surface area contributed by atoms with E-state index in [4.69, 9.17) is 16.0 Å². The molecule has 3 aromatic rings. The molecule has 22 heavy (non-hydrogen) atoms. The summed E-state index contributed by atoms with van der Waals surface area (Å²) < 4.78 is 5.15. The fraction of sp³-hybridized carbons (Fsp3) is 0. The van der Waals surface area contributed by atoms with E-state index >= 15 is 0 Å². The quantitative estimate of drug-likeness (QED) is 0.410. The number of carbonyl (C=O) groups excluding carboxylic acids is 1. The van der Waals surface area contributed by atoms with Gasteiger partial charge < -0.3 is 4.42 Å². The minimum absolute atomic E-state index is 0.0175. The summed E-state index contributed by atoms with van der Waals surface area (Å²) in [4.78, 5) is 24.1. The molecule has 0 bridgehead atoms. The lowest BCUT2D eigenvalue weighted by atomic mass is 10.1. The van der Waals surface area contributed by atoms with Crippen molar-refractivity contribution in [1.82, 2.24) is 0 Å². The molecule has 108 valence electrons. The number of para-hydroxylation sites is 1. The number of carbonyl (C=O) groups is 1. The normalized spacial score (nSPS) is 11.1. The molecule has 1 aromatic heterocycles. The van der Waals surface area contributed by atoms with E-state index in [-0.39, 0.29) is 5.56 Å². The van der Waals surface area contributed by atoms with Gasteiger partial charge in [0.1, 0.15) is 11.1 Å². The topological polar surface area (TPSA) is 47.3 Å². The average molecular weight is 311 g/mol. The van der Waals surface area contributed by atoms with Crippen molar-refractivity contribution in [2.45, 2.75) is 0 Å². The molecule has 0 radical (unpaired) electrons. The van der Waals surface area contributed by atoms with Crippen molar-refractivity contribution in [1.29, 1.82) is 0 Å². The van der Waals surface area contributed by atoms with Crippen molar-refractivity contribution in [3.63, 3.8) is 0 Å². The molecule has 0 aliphatic carbocycles. The molecule has 3 nitrogen and oxygen atoms in total. The average Bonchev–Trinajstić information content (AvgIpc) is 2.53. The van der Waals surface area contributed by atoms with Crippen LogP contribution in [0.25, 0.3) is 17.0 Å². The molecule has 0 saturated heterocycles. The number of hydrogen-bond acceptors (Lipinski definition) is 3. The SMILES string of the molecule is O=C(/C=C/c1ccc(Cl)cc1)c1cc2ccccc2oc1=O. The zero-order valence-electron chi connectivity index (χ0n) is 11.5. The van der Waals surface area contributed by atoms with Gasteiger partial charge in [-0.2, -0.15) is 0 Å². The Morgan fingerprint density at radius 2 is 1.77 bits per heavy atom. The molecule has 3 rings (SSSR count). The van der Waals surface area contributed by atoms with Gasteiger partial charge in [-0.3, -0.25) is 4.79 Å². The van der Waals surface area contributed by atoms with Gasteiger partial charge in [-0.15, -0.1) is 0 Å². The Labute approximate surface area is 131 Å². The molecule has 0 fully saturated rings. The van der Waals surface area contributed by atoms with Crippen molar-refractivity contribution in [2.24, 2.45) is 0 Å². The van der Waals surface area contributed by atoms with Gasteiger partial charge in [-0.1, -0.05) is 48.0 Å². The van der Waals surface area contributed by atoms with Gasteiger partial charge in [0, 0.05) is 10.4 Å². The molecular weight excluding hydrogens is 300 g/mol. The van der Waals surface area contributed by atoms with Crippen LogP contribution in [-0.4, -0.2) is 5.78 Å². The highest BCUT2D eigenvalue weighted by atomic mass is 35.5. The van der Waals surface area contributed by atoms with E-state index < -0.39 is 11.4 Å². The summed E-state index contributed by atoms with van der Waals surface area (Å²) in [5.74, 6) is -0.394. The van der Waals surface area contributed by atoms with Crippen LogP contribution in [0.5, 0.6) is 0 Å². The minimum atomic E-state index is -0.635. The highest BCUT2D eigenvalue weighted by Gasteiger charge is 2.10. The maximum atomic E-state index is 12.2. The first kappa shape index (κ1) is 14.3. The molecule has 0 unspecified atom stereocenters. The van der Waals surface area contributed by atoms with Crippen molar-refractivity contribution < 1.29 is 9.21 Å². The summed E-state index contributed by atoms with van der Waals surface area (Å²) in [5, 5.41) is 1.34. The Hall–Kier alpha value is -2.65. The summed E-state index contributed by atoms with van der Waals surface area (Å²) in [5.41, 5.74) is 0.669. The molecule has 0 amide bonds. The maximum Gasteiger partial charge on any atom is 0.347 e. The third kappa shape index (κ3) is 3.00. The summed E-state index contributed by atoms with van der Waals surface area (Å²) in [6, 6.07) is 15.7. The number of halogens is 1.